The summed E-state index contributed by atoms with van der Waals surface area (Å²) >= 11 is 2.01. The third-order valence-electron chi connectivity index (χ3n) is 3.41. The van der Waals surface area contributed by atoms with Gasteiger partial charge >= 0.3 is 0 Å². The summed E-state index contributed by atoms with van der Waals surface area (Å²) in [6, 6.07) is 12.7. The fourth-order valence-electron chi connectivity index (χ4n) is 2.25. The first-order valence-corrected chi connectivity index (χ1v) is 9.21. The third kappa shape index (κ3) is 5.44. The quantitative estimate of drug-likeness (QED) is 0.355. The highest BCUT2D eigenvalue weighted by atomic mass is 127. The van der Waals surface area contributed by atoms with Crippen LogP contribution in [0.25, 0.3) is 6.08 Å². The molecule has 0 heterocycles. The number of benzene rings is 2. The molecule has 28 heavy (non-hydrogen) atoms. The topological polar surface area (TPSA) is 95.1 Å². The van der Waals surface area contributed by atoms with Gasteiger partial charge in [0.05, 0.1) is 15.9 Å². The number of hydrogen-bond acceptors (Lipinski definition) is 5. The first-order chi connectivity index (χ1) is 13.5. The summed E-state index contributed by atoms with van der Waals surface area (Å²) in [7, 11) is 0. The Bertz CT molecular complexity index is 993. The monoisotopic (exact) mass is 491 g/mol. The van der Waals surface area contributed by atoms with Gasteiger partial charge in [0.1, 0.15) is 23.5 Å². The number of ether oxygens (including phenoxy) is 2. The molecule has 1 N–H and O–H groups in total. The molecule has 0 saturated heterocycles. The highest BCUT2D eigenvalue weighted by molar-refractivity contribution is 14.1. The van der Waals surface area contributed by atoms with Crippen LogP contribution in [-0.2, 0) is 4.79 Å². The number of carbonyl (C=O) groups is 1. The molecular formula is C20H15FIN3O3. The van der Waals surface area contributed by atoms with E-state index in [1.807, 2.05) is 34.7 Å². The van der Waals surface area contributed by atoms with E-state index in [9.17, 15) is 14.4 Å². The molecule has 1 amide bonds. The van der Waals surface area contributed by atoms with Crippen LogP contribution < -0.4 is 14.8 Å². The van der Waals surface area contributed by atoms with Gasteiger partial charge in [-0.25, -0.2) is 4.39 Å². The number of rotatable bonds is 7. The smallest absolute Gasteiger partial charge is 0.266 e. The third-order valence-corrected chi connectivity index (χ3v) is 4.21. The number of para-hydroxylation sites is 1. The predicted molar refractivity (Wildman–Crippen MR) is 110 cm³/mol. The normalized spacial score (nSPS) is 10.5. The molecular weight excluding hydrogens is 476 g/mol. The summed E-state index contributed by atoms with van der Waals surface area (Å²) in [6.45, 7) is 2.02. The summed E-state index contributed by atoms with van der Waals surface area (Å²) in [6.07, 6.45) is 1.37. The van der Waals surface area contributed by atoms with Gasteiger partial charge in [-0.15, -0.1) is 0 Å². The van der Waals surface area contributed by atoms with E-state index in [4.69, 9.17) is 14.7 Å². The van der Waals surface area contributed by atoms with E-state index in [0.29, 0.717) is 27.2 Å². The van der Waals surface area contributed by atoms with Crippen molar-refractivity contribution in [3.05, 3.63) is 56.9 Å². The second kappa shape index (κ2) is 10.3. The molecule has 0 saturated carbocycles. The number of hydrogen-bond donors (Lipinski definition) is 1. The Morgan fingerprint density at radius 3 is 2.68 bits per heavy atom. The Kier molecular flexibility index (Phi) is 7.78. The molecule has 0 radical (unpaired) electrons. The van der Waals surface area contributed by atoms with Gasteiger partial charge in [-0.2, -0.15) is 10.5 Å². The molecule has 2 aromatic carbocycles. The maximum atomic E-state index is 13.7. The fourth-order valence-corrected chi connectivity index (χ4v) is 3.03. The molecule has 0 aliphatic carbocycles. The Morgan fingerprint density at radius 2 is 2.04 bits per heavy atom. The molecule has 0 unspecified atom stereocenters. The van der Waals surface area contributed by atoms with Gasteiger partial charge < -0.3 is 14.8 Å². The van der Waals surface area contributed by atoms with Crippen molar-refractivity contribution in [2.75, 3.05) is 18.5 Å². The minimum absolute atomic E-state index is 0.0153. The molecule has 142 valence electrons. The highest BCUT2D eigenvalue weighted by Crippen LogP contribution is 2.35. The van der Waals surface area contributed by atoms with E-state index in [1.165, 1.54) is 24.3 Å². The van der Waals surface area contributed by atoms with Crippen molar-refractivity contribution in [1.82, 2.24) is 0 Å². The molecule has 0 bridgehead atoms. The largest absolute Gasteiger partial charge is 0.490 e. The molecule has 2 aromatic rings. The number of nitrogens with one attached hydrogen (secondary N) is 1. The summed E-state index contributed by atoms with van der Waals surface area (Å²) in [4.78, 5) is 12.3. The molecule has 6 nitrogen and oxygen atoms in total. The number of anilines is 1. The average Bonchev–Trinajstić information content (AvgIpc) is 2.67. The van der Waals surface area contributed by atoms with E-state index in [-0.39, 0.29) is 17.9 Å². The fraction of sp³-hybridized carbons (Fsp3) is 0.150. The Hall–Kier alpha value is -3.11. The molecule has 0 aliphatic heterocycles. The Labute approximate surface area is 175 Å². The first kappa shape index (κ1) is 21.2. The van der Waals surface area contributed by atoms with Crippen molar-refractivity contribution in [3.8, 4) is 23.6 Å². The van der Waals surface area contributed by atoms with Crippen molar-refractivity contribution in [2.24, 2.45) is 0 Å². The second-order valence-electron chi connectivity index (χ2n) is 5.31. The maximum Gasteiger partial charge on any atom is 0.266 e. The van der Waals surface area contributed by atoms with Crippen LogP contribution in [0.15, 0.2) is 42.0 Å². The van der Waals surface area contributed by atoms with Gasteiger partial charge in [-0.1, -0.05) is 12.1 Å². The lowest BCUT2D eigenvalue weighted by molar-refractivity contribution is -0.112. The van der Waals surface area contributed by atoms with Gasteiger partial charge in [0.25, 0.3) is 5.91 Å². The summed E-state index contributed by atoms with van der Waals surface area (Å²) in [5.41, 5.74) is 0.308. The van der Waals surface area contributed by atoms with E-state index < -0.39 is 11.7 Å². The first-order valence-electron chi connectivity index (χ1n) is 8.13. The van der Waals surface area contributed by atoms with Gasteiger partial charge in [0.2, 0.25) is 0 Å². The zero-order chi connectivity index (χ0) is 20.5. The van der Waals surface area contributed by atoms with Crippen molar-refractivity contribution >= 4 is 40.3 Å². The number of nitriles is 2. The Morgan fingerprint density at radius 1 is 1.29 bits per heavy atom. The Balaban J connectivity index is 2.35. The standard InChI is InChI=1S/C20H15FIN3O3/c1-2-27-18-11-13(10-16(22)19(18)28-8-7-23)9-14(12-24)20(26)25-17-6-4-3-5-15(17)21/h3-6,9-11H,2,8H2,1H3,(H,25,26)/b14-9-. The SMILES string of the molecule is CCOc1cc(/C=C(/C#N)C(=O)Nc2ccccc2F)cc(I)c1OCC#N. The number of halogens is 2. The minimum atomic E-state index is -0.731. The molecule has 0 fully saturated rings. The van der Waals surface area contributed by atoms with Crippen LogP contribution in [0.2, 0.25) is 0 Å². The van der Waals surface area contributed by atoms with Gasteiger partial charge in [-0.3, -0.25) is 4.79 Å². The van der Waals surface area contributed by atoms with Crippen LogP contribution in [0.3, 0.4) is 0 Å². The lowest BCUT2D eigenvalue weighted by Crippen LogP contribution is -2.14. The van der Waals surface area contributed by atoms with Crippen LogP contribution in [0.5, 0.6) is 11.5 Å². The lowest BCUT2D eigenvalue weighted by atomic mass is 10.1. The summed E-state index contributed by atoms with van der Waals surface area (Å²) in [5, 5.41) is 20.4. The van der Waals surface area contributed by atoms with Crippen molar-refractivity contribution in [2.45, 2.75) is 6.92 Å². The summed E-state index contributed by atoms with van der Waals surface area (Å²) < 4.78 is 25.3. The van der Waals surface area contributed by atoms with E-state index >= 15 is 0 Å². The minimum Gasteiger partial charge on any atom is -0.490 e. The van der Waals surface area contributed by atoms with Crippen molar-refractivity contribution in [1.29, 1.82) is 10.5 Å². The van der Waals surface area contributed by atoms with Crippen LogP contribution in [-0.4, -0.2) is 19.1 Å². The average molecular weight is 491 g/mol. The molecule has 0 aliphatic rings. The lowest BCUT2D eigenvalue weighted by Gasteiger charge is -2.13. The van der Waals surface area contributed by atoms with Crippen LogP contribution >= 0.6 is 22.6 Å². The molecule has 0 aromatic heterocycles. The number of nitrogens with zero attached hydrogens (tertiary/aromatic N) is 2. The predicted octanol–water partition coefficient (Wildman–Crippen LogP) is 4.28. The van der Waals surface area contributed by atoms with Crippen molar-refractivity contribution in [3.63, 3.8) is 0 Å². The van der Waals surface area contributed by atoms with Gasteiger partial charge in [-0.05, 0) is 65.4 Å². The summed E-state index contributed by atoms with van der Waals surface area (Å²) in [5.74, 6) is -0.524. The van der Waals surface area contributed by atoms with Crippen molar-refractivity contribution < 1.29 is 18.7 Å². The van der Waals surface area contributed by atoms with Crippen LogP contribution in [0, 0.1) is 32.0 Å². The van der Waals surface area contributed by atoms with Crippen LogP contribution in [0.1, 0.15) is 12.5 Å². The van der Waals surface area contributed by atoms with E-state index in [1.54, 1.807) is 25.1 Å². The van der Waals surface area contributed by atoms with Gasteiger partial charge in [0, 0.05) is 0 Å². The number of amides is 1. The molecule has 0 atom stereocenters. The van der Waals surface area contributed by atoms with E-state index in [0.717, 1.165) is 0 Å². The molecule has 8 heteroatoms. The second-order valence-corrected chi connectivity index (χ2v) is 6.48. The van der Waals surface area contributed by atoms with Gasteiger partial charge in [0.15, 0.2) is 18.1 Å². The zero-order valence-corrected chi connectivity index (χ0v) is 17.0. The zero-order valence-electron chi connectivity index (χ0n) is 14.8. The highest BCUT2D eigenvalue weighted by Gasteiger charge is 2.15. The van der Waals surface area contributed by atoms with E-state index in [2.05, 4.69) is 5.32 Å². The van der Waals surface area contributed by atoms with Crippen LogP contribution in [0.4, 0.5) is 10.1 Å². The maximum absolute atomic E-state index is 13.7. The molecule has 2 rings (SSSR count). The number of carbonyl (C=O) groups excluding carboxylic acids is 1. The molecule has 0 spiro atoms.